The van der Waals surface area contributed by atoms with Gasteiger partial charge in [0.05, 0.1) is 10.8 Å². The molecule has 3 rings (SSSR count). The molecule has 162 valence electrons. The Morgan fingerprint density at radius 1 is 1.31 bits per heavy atom. The van der Waals surface area contributed by atoms with Gasteiger partial charge in [0.25, 0.3) is 0 Å². The third-order valence-electron chi connectivity index (χ3n) is 6.23. The molecule has 0 bridgehead atoms. The summed E-state index contributed by atoms with van der Waals surface area (Å²) in [4.78, 5) is 14.0. The van der Waals surface area contributed by atoms with Crippen LogP contribution < -0.4 is 0 Å². The number of halogens is 1. The summed E-state index contributed by atoms with van der Waals surface area (Å²) in [7, 11) is -1.91. The number of aliphatic carboxylic acids is 1. The first-order valence-corrected chi connectivity index (χ1v) is 11.3. The molecule has 0 amide bonds. The van der Waals surface area contributed by atoms with Crippen molar-refractivity contribution in [3.8, 4) is 0 Å². The lowest BCUT2D eigenvalue weighted by Gasteiger charge is -2.38. The molecule has 0 spiro atoms. The molecule has 2 aliphatic rings. The second kappa shape index (κ2) is 9.60. The second-order valence-corrected chi connectivity index (χ2v) is 10.1. The quantitative estimate of drug-likeness (QED) is 0.684. The number of carboxylic acid groups (broad SMARTS) is 1. The fourth-order valence-electron chi connectivity index (χ4n) is 4.27. The molecule has 4 atom stereocenters. The van der Waals surface area contributed by atoms with Gasteiger partial charge in [-0.15, -0.1) is 12.4 Å². The number of hydrogen-bond donors (Lipinski definition) is 1. The number of hydrogen-bond acceptors (Lipinski definition) is 4. The number of nitrogens with zero attached hydrogens (tertiary/aromatic N) is 2. The Balaban J connectivity index is 0.00000300. The first kappa shape index (κ1) is 23.9. The highest BCUT2D eigenvalue weighted by Crippen LogP contribution is 2.31. The number of rotatable bonds is 6. The molecule has 6 nitrogen and oxygen atoms in total. The van der Waals surface area contributed by atoms with E-state index in [1.165, 1.54) is 4.31 Å². The highest BCUT2D eigenvalue weighted by Gasteiger charge is 2.36. The van der Waals surface area contributed by atoms with E-state index in [0.29, 0.717) is 11.3 Å². The van der Waals surface area contributed by atoms with Crippen molar-refractivity contribution in [1.29, 1.82) is 0 Å². The maximum atomic E-state index is 13.0. The predicted molar refractivity (Wildman–Crippen MR) is 116 cm³/mol. The summed E-state index contributed by atoms with van der Waals surface area (Å²) in [5.41, 5.74) is 0.918. The molecule has 1 aliphatic carbocycles. The Kier molecular flexibility index (Phi) is 7.90. The van der Waals surface area contributed by atoms with Crippen LogP contribution in [0.15, 0.2) is 41.3 Å². The summed E-state index contributed by atoms with van der Waals surface area (Å²) in [6, 6.07) is 6.95. The van der Waals surface area contributed by atoms with Crippen molar-refractivity contribution in [2.24, 2.45) is 11.8 Å². The van der Waals surface area contributed by atoms with Gasteiger partial charge in [0.2, 0.25) is 10.0 Å². The van der Waals surface area contributed by atoms with Crippen LogP contribution >= 0.6 is 12.4 Å². The Labute approximate surface area is 180 Å². The number of carboxylic acids is 1. The monoisotopic (exact) mass is 442 g/mol. The number of benzene rings is 1. The first-order valence-electron chi connectivity index (χ1n) is 9.90. The topological polar surface area (TPSA) is 77.9 Å². The standard InChI is InChI=1S/C21H30N2O4S.ClH/c1-15-6-4-8-20(12-15)28(26,27)22(3)18-9-10-19(13-18)23-11-5-7-17(14-23)16(2)21(24)25;/h4,6,8-10,12,16-19H,5,7,11,13-14H2,1-3H3,(H,24,25);1H. The summed E-state index contributed by atoms with van der Waals surface area (Å²) < 4.78 is 27.4. The minimum atomic E-state index is -3.55. The van der Waals surface area contributed by atoms with Crippen LogP contribution in [0.1, 0.15) is 31.7 Å². The van der Waals surface area contributed by atoms with Gasteiger partial charge in [-0.3, -0.25) is 9.69 Å². The lowest BCUT2D eigenvalue weighted by molar-refractivity contribution is -0.143. The molecule has 0 radical (unpaired) electrons. The van der Waals surface area contributed by atoms with Gasteiger partial charge >= 0.3 is 5.97 Å². The third kappa shape index (κ3) is 5.20. The Hall–Kier alpha value is -1.41. The number of sulfonamides is 1. The molecule has 1 aromatic rings. The first-order chi connectivity index (χ1) is 13.2. The van der Waals surface area contributed by atoms with Crippen LogP contribution in [0.2, 0.25) is 0 Å². The predicted octanol–water partition coefficient (Wildman–Crippen LogP) is 3.17. The minimum Gasteiger partial charge on any atom is -0.481 e. The van der Waals surface area contributed by atoms with Crippen molar-refractivity contribution in [2.75, 3.05) is 20.1 Å². The zero-order valence-corrected chi connectivity index (χ0v) is 18.8. The van der Waals surface area contributed by atoms with Crippen LogP contribution in [0, 0.1) is 18.8 Å². The smallest absolute Gasteiger partial charge is 0.306 e. The van der Waals surface area contributed by atoms with Crippen LogP contribution in [-0.2, 0) is 14.8 Å². The van der Waals surface area contributed by atoms with Crippen LogP contribution in [0.5, 0.6) is 0 Å². The second-order valence-electron chi connectivity index (χ2n) is 8.12. The van der Waals surface area contributed by atoms with Gasteiger partial charge in [-0.25, -0.2) is 8.42 Å². The molecule has 1 heterocycles. The summed E-state index contributed by atoms with van der Waals surface area (Å²) in [5, 5.41) is 9.31. The van der Waals surface area contributed by atoms with E-state index in [-0.39, 0.29) is 36.3 Å². The Morgan fingerprint density at radius 2 is 2.03 bits per heavy atom. The normalized spacial score (nSPS) is 26.3. The zero-order chi connectivity index (χ0) is 20.5. The van der Waals surface area contributed by atoms with Crippen LogP contribution in [-0.4, -0.2) is 60.9 Å². The fraction of sp³-hybridized carbons (Fsp3) is 0.571. The molecule has 1 aliphatic heterocycles. The lowest BCUT2D eigenvalue weighted by atomic mass is 9.86. The Morgan fingerprint density at radius 3 is 2.69 bits per heavy atom. The van der Waals surface area contributed by atoms with Gasteiger partial charge in [-0.2, -0.15) is 4.31 Å². The lowest BCUT2D eigenvalue weighted by Crippen LogP contribution is -2.45. The molecule has 0 saturated carbocycles. The molecular formula is C21H31ClN2O4S. The maximum Gasteiger partial charge on any atom is 0.306 e. The number of aryl methyl sites for hydroxylation is 1. The van der Waals surface area contributed by atoms with Crippen LogP contribution in [0.4, 0.5) is 0 Å². The average molecular weight is 443 g/mol. The van der Waals surface area contributed by atoms with E-state index in [0.717, 1.165) is 31.5 Å². The van der Waals surface area contributed by atoms with E-state index in [1.54, 1.807) is 32.2 Å². The number of likely N-dealkylation sites (N-methyl/N-ethyl adjacent to an activating group) is 1. The highest BCUT2D eigenvalue weighted by molar-refractivity contribution is 7.89. The van der Waals surface area contributed by atoms with Crippen molar-refractivity contribution in [3.63, 3.8) is 0 Å². The maximum absolute atomic E-state index is 13.0. The van der Waals surface area contributed by atoms with E-state index in [4.69, 9.17) is 0 Å². The van der Waals surface area contributed by atoms with E-state index in [9.17, 15) is 18.3 Å². The van der Waals surface area contributed by atoms with E-state index < -0.39 is 16.0 Å². The number of carbonyl (C=O) groups is 1. The van der Waals surface area contributed by atoms with Gasteiger partial charge in [-0.1, -0.05) is 31.2 Å². The molecule has 29 heavy (non-hydrogen) atoms. The average Bonchev–Trinajstić information content (AvgIpc) is 3.17. The van der Waals surface area contributed by atoms with Crippen molar-refractivity contribution in [3.05, 3.63) is 42.0 Å². The molecule has 1 aromatic carbocycles. The molecule has 1 saturated heterocycles. The van der Waals surface area contributed by atoms with Gasteiger partial charge < -0.3 is 5.11 Å². The van der Waals surface area contributed by atoms with E-state index in [2.05, 4.69) is 11.0 Å². The van der Waals surface area contributed by atoms with Crippen molar-refractivity contribution in [2.45, 2.75) is 50.1 Å². The molecule has 1 fully saturated rings. The highest BCUT2D eigenvalue weighted by atomic mass is 35.5. The molecule has 8 heteroatoms. The van der Waals surface area contributed by atoms with Crippen molar-refractivity contribution >= 4 is 28.4 Å². The van der Waals surface area contributed by atoms with Gasteiger partial charge in [0.15, 0.2) is 0 Å². The molecular weight excluding hydrogens is 412 g/mol. The summed E-state index contributed by atoms with van der Waals surface area (Å²) in [5.74, 6) is -0.948. The largest absolute Gasteiger partial charge is 0.481 e. The van der Waals surface area contributed by atoms with Gasteiger partial charge in [0, 0.05) is 25.7 Å². The fourth-order valence-corrected chi connectivity index (χ4v) is 5.70. The Bertz CT molecular complexity index is 858. The zero-order valence-electron chi connectivity index (χ0n) is 17.2. The van der Waals surface area contributed by atoms with E-state index >= 15 is 0 Å². The SMILES string of the molecule is Cc1cccc(S(=O)(=O)N(C)C2C=CC(N3CCCC(C(C)C(=O)O)C3)C2)c1.Cl. The van der Waals surface area contributed by atoms with Crippen molar-refractivity contribution in [1.82, 2.24) is 9.21 Å². The summed E-state index contributed by atoms with van der Waals surface area (Å²) in [6.07, 6.45) is 6.68. The van der Waals surface area contributed by atoms with Crippen LogP contribution in [0.3, 0.4) is 0 Å². The minimum absolute atomic E-state index is 0. The molecule has 4 unspecified atom stereocenters. The molecule has 1 N–H and O–H groups in total. The van der Waals surface area contributed by atoms with Gasteiger partial charge in [-0.05, 0) is 56.3 Å². The number of piperidine rings is 1. The van der Waals surface area contributed by atoms with Crippen LogP contribution in [0.25, 0.3) is 0 Å². The van der Waals surface area contributed by atoms with Crippen molar-refractivity contribution < 1.29 is 18.3 Å². The van der Waals surface area contributed by atoms with E-state index in [1.807, 2.05) is 19.1 Å². The summed E-state index contributed by atoms with van der Waals surface area (Å²) in [6.45, 7) is 5.35. The third-order valence-corrected chi connectivity index (χ3v) is 8.11. The molecule has 0 aromatic heterocycles. The number of likely N-dealkylation sites (tertiary alicyclic amines) is 1. The summed E-state index contributed by atoms with van der Waals surface area (Å²) >= 11 is 0. The van der Waals surface area contributed by atoms with Gasteiger partial charge in [0.1, 0.15) is 0 Å².